The summed E-state index contributed by atoms with van der Waals surface area (Å²) in [7, 11) is 5.20. The number of aromatic nitrogens is 3. The number of ether oxygens (including phenoxy) is 1. The van der Waals surface area contributed by atoms with Gasteiger partial charge in [0.05, 0.1) is 21.8 Å². The molecule has 3 rings (SSSR count). The van der Waals surface area contributed by atoms with Gasteiger partial charge in [-0.05, 0) is 24.6 Å². The van der Waals surface area contributed by atoms with E-state index in [-0.39, 0.29) is 11.1 Å². The Morgan fingerprint density at radius 2 is 1.75 bits per heavy atom. The van der Waals surface area contributed by atoms with Crippen molar-refractivity contribution in [2.24, 2.45) is 0 Å². The molecule has 7 heteroatoms. The van der Waals surface area contributed by atoms with Gasteiger partial charge >= 0.3 is 0 Å². The summed E-state index contributed by atoms with van der Waals surface area (Å²) in [6.45, 7) is 1.16. The van der Waals surface area contributed by atoms with E-state index in [4.69, 9.17) is 4.74 Å². The van der Waals surface area contributed by atoms with Crippen LogP contribution in [0.5, 0.6) is 0 Å². The molecule has 0 aliphatic rings. The summed E-state index contributed by atoms with van der Waals surface area (Å²) >= 11 is 0. The molecule has 0 fully saturated rings. The molecular weight excluding hydrogens is 308 g/mol. The summed E-state index contributed by atoms with van der Waals surface area (Å²) in [5.41, 5.74) is 0.846. The van der Waals surface area contributed by atoms with Gasteiger partial charge in [0.25, 0.3) is 11.1 Å². The highest BCUT2D eigenvalue weighted by Crippen LogP contribution is 2.14. The fourth-order valence-corrected chi connectivity index (χ4v) is 2.72. The van der Waals surface area contributed by atoms with Gasteiger partial charge in [0.2, 0.25) is 0 Å². The van der Waals surface area contributed by atoms with Gasteiger partial charge in [-0.2, -0.15) is 0 Å². The summed E-state index contributed by atoms with van der Waals surface area (Å²) in [6, 6.07) is 5.23. The number of hydrogen-bond acceptors (Lipinski definition) is 5. The number of rotatable bonds is 5. The Bertz CT molecular complexity index is 1000. The summed E-state index contributed by atoms with van der Waals surface area (Å²) in [5.74, 6) is 0. The Kier molecular flexibility index (Phi) is 4.35. The highest BCUT2D eigenvalue weighted by Gasteiger charge is 2.10. The Hall–Kier alpha value is -2.67. The van der Waals surface area contributed by atoms with E-state index in [0.29, 0.717) is 35.0 Å². The number of pyridine rings is 3. The highest BCUT2D eigenvalue weighted by molar-refractivity contribution is 5.91. The second-order valence-corrected chi connectivity index (χ2v) is 5.83. The molecule has 7 nitrogen and oxygen atoms in total. The van der Waals surface area contributed by atoms with Crippen LogP contribution < -0.4 is 16.1 Å². The molecule has 0 bridgehead atoms. The van der Waals surface area contributed by atoms with Crippen LogP contribution in [0.25, 0.3) is 21.8 Å². The molecule has 0 saturated heterocycles. The predicted molar refractivity (Wildman–Crippen MR) is 94.3 cm³/mol. The van der Waals surface area contributed by atoms with Crippen LogP contribution in [0.1, 0.15) is 6.42 Å². The average Bonchev–Trinajstić information content (AvgIpc) is 2.56. The van der Waals surface area contributed by atoms with Gasteiger partial charge in [-0.25, -0.2) is 9.66 Å². The van der Waals surface area contributed by atoms with Crippen LogP contribution in [0.15, 0.2) is 40.2 Å². The van der Waals surface area contributed by atoms with E-state index in [0.717, 1.165) is 6.42 Å². The second kappa shape index (κ2) is 6.45. The predicted octanol–water partition coefficient (Wildman–Crippen LogP) is 0.945. The molecule has 0 N–H and O–H groups in total. The molecular formula is C17H20N4O3. The van der Waals surface area contributed by atoms with Gasteiger partial charge in [0, 0.05) is 46.8 Å². The maximum absolute atomic E-state index is 12.7. The zero-order valence-corrected chi connectivity index (χ0v) is 14.0. The van der Waals surface area contributed by atoms with Crippen molar-refractivity contribution < 1.29 is 4.74 Å². The van der Waals surface area contributed by atoms with Crippen LogP contribution in [0.2, 0.25) is 0 Å². The lowest BCUT2D eigenvalue weighted by molar-refractivity contribution is 0.190. The van der Waals surface area contributed by atoms with Crippen LogP contribution in [0.3, 0.4) is 0 Å². The number of fused-ring (bicyclic) bond motifs is 2. The SMILES string of the molecule is COCCCn1ccc2nc3ccn(N(C)C)c(=O)c3cc2c1=O. The molecule has 3 heterocycles. The van der Waals surface area contributed by atoms with Gasteiger partial charge in [-0.3, -0.25) is 9.59 Å². The van der Waals surface area contributed by atoms with E-state index < -0.39 is 0 Å². The summed E-state index contributed by atoms with van der Waals surface area (Å²) < 4.78 is 8.13. The van der Waals surface area contributed by atoms with E-state index >= 15 is 0 Å². The lowest BCUT2D eigenvalue weighted by Gasteiger charge is -2.16. The summed E-state index contributed by atoms with van der Waals surface area (Å²) in [5, 5.41) is 2.57. The van der Waals surface area contributed by atoms with Crippen LogP contribution in [0, 0.1) is 0 Å². The first kappa shape index (κ1) is 16.2. The van der Waals surface area contributed by atoms with Crippen molar-refractivity contribution in [3.8, 4) is 0 Å². The summed E-state index contributed by atoms with van der Waals surface area (Å²) in [6.07, 6.45) is 4.16. The smallest absolute Gasteiger partial charge is 0.278 e. The molecule has 24 heavy (non-hydrogen) atoms. The third kappa shape index (κ3) is 2.78. The van der Waals surface area contributed by atoms with E-state index in [1.807, 2.05) is 0 Å². The number of methoxy groups -OCH3 is 1. The van der Waals surface area contributed by atoms with Crippen LogP contribution in [0.4, 0.5) is 0 Å². The fourth-order valence-electron chi connectivity index (χ4n) is 2.72. The van der Waals surface area contributed by atoms with E-state index in [2.05, 4.69) is 4.98 Å². The second-order valence-electron chi connectivity index (χ2n) is 5.83. The van der Waals surface area contributed by atoms with Crippen molar-refractivity contribution in [1.29, 1.82) is 0 Å². The van der Waals surface area contributed by atoms with Crippen molar-refractivity contribution in [2.75, 3.05) is 32.8 Å². The molecule has 0 aromatic carbocycles. The molecule has 0 aliphatic heterocycles. The highest BCUT2D eigenvalue weighted by atomic mass is 16.5. The summed E-state index contributed by atoms with van der Waals surface area (Å²) in [4.78, 5) is 29.7. The molecule has 3 aromatic rings. The zero-order chi connectivity index (χ0) is 17.3. The maximum Gasteiger partial charge on any atom is 0.278 e. The van der Waals surface area contributed by atoms with E-state index in [1.54, 1.807) is 61.4 Å². The number of nitrogens with zero attached hydrogens (tertiary/aromatic N) is 4. The fraction of sp³-hybridized carbons (Fsp3) is 0.353. The maximum atomic E-state index is 12.7. The Morgan fingerprint density at radius 1 is 1.08 bits per heavy atom. The lowest BCUT2D eigenvalue weighted by atomic mass is 10.2. The molecule has 3 aromatic heterocycles. The number of aryl methyl sites for hydroxylation is 1. The van der Waals surface area contributed by atoms with Gasteiger partial charge in [0.15, 0.2) is 0 Å². The van der Waals surface area contributed by atoms with Crippen molar-refractivity contribution >= 4 is 21.8 Å². The number of hydrogen-bond donors (Lipinski definition) is 0. The van der Waals surface area contributed by atoms with Gasteiger partial charge < -0.3 is 14.3 Å². The molecule has 0 unspecified atom stereocenters. The first-order valence-electron chi connectivity index (χ1n) is 7.75. The van der Waals surface area contributed by atoms with E-state index in [1.165, 1.54) is 4.68 Å². The molecule has 0 aliphatic carbocycles. The van der Waals surface area contributed by atoms with Gasteiger partial charge in [-0.15, -0.1) is 0 Å². The van der Waals surface area contributed by atoms with Crippen molar-refractivity contribution in [1.82, 2.24) is 14.2 Å². The first-order chi connectivity index (χ1) is 11.5. The topological polar surface area (TPSA) is 69.4 Å². The third-order valence-electron chi connectivity index (χ3n) is 3.98. The van der Waals surface area contributed by atoms with Crippen LogP contribution in [-0.2, 0) is 11.3 Å². The molecule has 0 amide bonds. The minimum Gasteiger partial charge on any atom is -0.385 e. The zero-order valence-electron chi connectivity index (χ0n) is 14.0. The third-order valence-corrected chi connectivity index (χ3v) is 3.98. The first-order valence-corrected chi connectivity index (χ1v) is 7.75. The quantitative estimate of drug-likeness (QED) is 0.515. The van der Waals surface area contributed by atoms with Crippen LogP contribution >= 0.6 is 0 Å². The van der Waals surface area contributed by atoms with Crippen molar-refractivity contribution in [2.45, 2.75) is 13.0 Å². The largest absolute Gasteiger partial charge is 0.385 e. The van der Waals surface area contributed by atoms with Crippen LogP contribution in [-0.4, -0.2) is 42.0 Å². The molecule has 0 radical (unpaired) electrons. The minimum atomic E-state index is -0.193. The molecule has 0 atom stereocenters. The lowest BCUT2D eigenvalue weighted by Crippen LogP contribution is -2.35. The van der Waals surface area contributed by atoms with Gasteiger partial charge in [0.1, 0.15) is 0 Å². The van der Waals surface area contributed by atoms with Gasteiger partial charge in [-0.1, -0.05) is 0 Å². The monoisotopic (exact) mass is 328 g/mol. The van der Waals surface area contributed by atoms with Crippen molar-refractivity contribution in [3.05, 3.63) is 51.3 Å². The average molecular weight is 328 g/mol. The molecule has 0 spiro atoms. The molecule has 126 valence electrons. The minimum absolute atomic E-state index is 0.141. The Labute approximate surface area is 138 Å². The molecule has 0 saturated carbocycles. The van der Waals surface area contributed by atoms with Crippen molar-refractivity contribution in [3.63, 3.8) is 0 Å². The standard InChI is InChI=1S/C17H20N4O3/c1-19(2)21-9-6-15-13(17(21)23)11-12-14(18-15)5-8-20(16(12)22)7-4-10-24-3/h5-6,8-9,11H,4,7,10H2,1-3H3. The normalized spacial score (nSPS) is 11.3. The Morgan fingerprint density at radius 3 is 2.42 bits per heavy atom. The van der Waals surface area contributed by atoms with E-state index in [9.17, 15) is 9.59 Å². The Balaban J connectivity index is 2.20.